The van der Waals surface area contributed by atoms with Crippen LogP contribution in [-0.4, -0.2) is 43.5 Å². The lowest BCUT2D eigenvalue weighted by Crippen LogP contribution is -2.25. The van der Waals surface area contributed by atoms with Crippen molar-refractivity contribution in [1.29, 1.82) is 0 Å². The first-order valence-electron chi connectivity index (χ1n) is 4.64. The van der Waals surface area contributed by atoms with Crippen LogP contribution in [0.25, 0.3) is 0 Å². The molecule has 84 valence electrons. The highest BCUT2D eigenvalue weighted by atomic mass is 31.1. The van der Waals surface area contributed by atoms with Crippen molar-refractivity contribution in [2.24, 2.45) is 0 Å². The molecule has 0 bridgehead atoms. The fourth-order valence-corrected chi connectivity index (χ4v) is 1.82. The van der Waals surface area contributed by atoms with Crippen molar-refractivity contribution in [3.05, 3.63) is 0 Å². The van der Waals surface area contributed by atoms with Crippen molar-refractivity contribution >= 4 is 21.5 Å². The first kappa shape index (κ1) is 12.4. The lowest BCUT2D eigenvalue weighted by Gasteiger charge is -2.12. The number of aliphatic carboxylic acids is 1. The van der Waals surface area contributed by atoms with Crippen LogP contribution in [0, 0.1) is 0 Å². The van der Waals surface area contributed by atoms with Crippen molar-refractivity contribution in [1.82, 2.24) is 0 Å². The summed E-state index contributed by atoms with van der Waals surface area (Å²) in [5.41, 5.74) is 0. The largest absolute Gasteiger partial charge is 0.479 e. The molecule has 15 heavy (non-hydrogen) atoms. The predicted molar refractivity (Wildman–Crippen MR) is 52.1 cm³/mol. The van der Waals surface area contributed by atoms with Crippen molar-refractivity contribution in [3.63, 3.8) is 0 Å². The van der Waals surface area contributed by atoms with Gasteiger partial charge in [-0.1, -0.05) is 0 Å². The third-order valence-electron chi connectivity index (χ3n) is 2.16. The van der Waals surface area contributed by atoms with Gasteiger partial charge in [-0.05, 0) is 12.8 Å². The van der Waals surface area contributed by atoms with Gasteiger partial charge in [0.2, 0.25) is 0 Å². The monoisotopic (exact) mass is 234 g/mol. The van der Waals surface area contributed by atoms with Crippen LogP contribution >= 0.6 is 7.68 Å². The van der Waals surface area contributed by atoms with E-state index < -0.39 is 19.5 Å². The van der Waals surface area contributed by atoms with Gasteiger partial charge in [-0.3, -0.25) is 0 Å². The number of ether oxygens (including phenoxy) is 2. The van der Waals surface area contributed by atoms with Crippen LogP contribution < -0.4 is 0 Å². The molecule has 0 aliphatic carbocycles. The molecular formula is C7H12BO6P. The second-order valence-electron chi connectivity index (χ2n) is 3.46. The van der Waals surface area contributed by atoms with Crippen molar-refractivity contribution < 1.29 is 28.5 Å². The molecule has 6 nitrogen and oxygen atoms in total. The zero-order valence-corrected chi connectivity index (χ0v) is 9.18. The highest BCUT2D eigenvalue weighted by Gasteiger charge is 2.28. The summed E-state index contributed by atoms with van der Waals surface area (Å²) in [5.74, 6) is -3.25. The van der Waals surface area contributed by atoms with Gasteiger partial charge in [-0.2, -0.15) is 0 Å². The highest BCUT2D eigenvalue weighted by Crippen LogP contribution is 2.21. The second-order valence-corrected chi connectivity index (χ2v) is 4.50. The zero-order valence-electron chi connectivity index (χ0n) is 8.29. The van der Waals surface area contributed by atoms with Crippen LogP contribution in [0.3, 0.4) is 0 Å². The molecule has 0 spiro atoms. The van der Waals surface area contributed by atoms with Crippen molar-refractivity contribution in [3.8, 4) is 0 Å². The van der Waals surface area contributed by atoms with Gasteiger partial charge in [-0.25, -0.2) is 13.9 Å². The van der Waals surface area contributed by atoms with Crippen LogP contribution in [0.5, 0.6) is 0 Å². The number of hydrogen-bond acceptors (Lipinski definition) is 5. The van der Waals surface area contributed by atoms with E-state index >= 15 is 0 Å². The Morgan fingerprint density at radius 1 is 1.60 bits per heavy atom. The maximum Gasteiger partial charge on any atom is 0.357 e. The molecule has 0 radical (unpaired) electrons. The molecule has 0 aromatic heterocycles. The fraction of sp³-hybridized carbons (Fsp3) is 0.857. The van der Waals surface area contributed by atoms with E-state index in [9.17, 15) is 13.9 Å². The van der Waals surface area contributed by atoms with Gasteiger partial charge in [-0.15, -0.1) is 0 Å². The lowest BCUT2D eigenvalue weighted by atomic mass is 9.97. The number of carboxylic acid groups (broad SMARTS) is 1. The normalized spacial score (nSPS) is 27.5. The molecule has 1 heterocycles. The average molecular weight is 234 g/mol. The van der Waals surface area contributed by atoms with Gasteiger partial charge < -0.3 is 14.6 Å². The van der Waals surface area contributed by atoms with Crippen molar-refractivity contribution in [2.45, 2.75) is 30.8 Å². The van der Waals surface area contributed by atoms with Gasteiger partial charge in [0.25, 0.3) is 5.85 Å². The Kier molecular flexibility index (Phi) is 4.51. The molecule has 3 atom stereocenters. The van der Waals surface area contributed by atoms with E-state index in [2.05, 4.69) is 0 Å². The predicted octanol–water partition coefficient (Wildman–Crippen LogP) is -0.275. The van der Waals surface area contributed by atoms with Crippen LogP contribution in [0.2, 0.25) is 0 Å². The lowest BCUT2D eigenvalue weighted by molar-refractivity contribution is -0.146. The number of carbonyl (C=O) groups is 1. The first-order chi connectivity index (χ1) is 7.00. The number of carboxylic acids is 1. The van der Waals surface area contributed by atoms with E-state index in [1.54, 1.807) is 0 Å². The standard InChI is InChI=1S/C7H12BO6P/c8-5-2-1-4(14-5)3-13-7(6(9)10)15(11)12/h4-5,7H,1-3,8H2,(H,9,10). The molecule has 1 rings (SSSR count). The maximum absolute atomic E-state index is 10.5. The molecule has 1 saturated heterocycles. The van der Waals surface area contributed by atoms with Crippen LogP contribution in [0.4, 0.5) is 0 Å². The van der Waals surface area contributed by atoms with E-state index in [-0.39, 0.29) is 18.7 Å². The van der Waals surface area contributed by atoms with E-state index in [1.807, 2.05) is 7.85 Å². The SMILES string of the molecule is BC1CCC(COC(C(=O)O)P(=O)=O)O1. The highest BCUT2D eigenvalue weighted by molar-refractivity contribution is 7.32. The van der Waals surface area contributed by atoms with Gasteiger partial charge in [0.05, 0.1) is 12.7 Å². The zero-order chi connectivity index (χ0) is 11.4. The summed E-state index contributed by atoms with van der Waals surface area (Å²) < 4.78 is 31.1. The van der Waals surface area contributed by atoms with Crippen molar-refractivity contribution in [2.75, 3.05) is 6.61 Å². The van der Waals surface area contributed by atoms with E-state index in [1.165, 1.54) is 0 Å². The Bertz CT molecular complexity index is 296. The molecule has 0 amide bonds. The summed E-state index contributed by atoms with van der Waals surface area (Å²) in [4.78, 5) is 10.5. The molecule has 3 unspecified atom stereocenters. The minimum absolute atomic E-state index is 0.00458. The smallest absolute Gasteiger partial charge is 0.357 e. The summed E-state index contributed by atoms with van der Waals surface area (Å²) in [6.45, 7) is 0.00458. The summed E-state index contributed by atoms with van der Waals surface area (Å²) >= 11 is 0. The molecular weight excluding hydrogens is 222 g/mol. The molecule has 0 saturated carbocycles. The third-order valence-corrected chi connectivity index (χ3v) is 2.92. The van der Waals surface area contributed by atoms with E-state index in [4.69, 9.17) is 14.6 Å². The van der Waals surface area contributed by atoms with E-state index in [0.717, 1.165) is 12.8 Å². The van der Waals surface area contributed by atoms with Gasteiger partial charge in [0.1, 0.15) is 7.85 Å². The summed E-state index contributed by atoms with van der Waals surface area (Å²) in [7, 11) is -1.21. The molecule has 8 heteroatoms. The summed E-state index contributed by atoms with van der Waals surface area (Å²) in [5, 5.41) is 8.52. The summed E-state index contributed by atoms with van der Waals surface area (Å²) in [6.07, 6.45) is 1.45. The van der Waals surface area contributed by atoms with E-state index in [0.29, 0.717) is 0 Å². The molecule has 1 aliphatic rings. The first-order valence-corrected chi connectivity index (χ1v) is 5.88. The van der Waals surface area contributed by atoms with Crippen LogP contribution in [0.1, 0.15) is 12.8 Å². The minimum Gasteiger partial charge on any atom is -0.479 e. The Morgan fingerprint density at radius 2 is 2.27 bits per heavy atom. The quantitative estimate of drug-likeness (QED) is 0.519. The minimum atomic E-state index is -3.11. The molecule has 1 aliphatic heterocycles. The molecule has 1 N–H and O–H groups in total. The Balaban J connectivity index is 2.37. The molecule has 0 aromatic rings. The molecule has 1 fully saturated rings. The van der Waals surface area contributed by atoms with Gasteiger partial charge in [0, 0.05) is 6.00 Å². The maximum atomic E-state index is 10.5. The topological polar surface area (TPSA) is 89.9 Å². The number of rotatable bonds is 5. The Labute approximate surface area is 88.2 Å². The molecule has 0 aromatic carbocycles. The fourth-order valence-electron chi connectivity index (χ4n) is 1.43. The summed E-state index contributed by atoms with van der Waals surface area (Å²) in [6, 6.07) is 0.128. The Morgan fingerprint density at radius 3 is 2.67 bits per heavy atom. The van der Waals surface area contributed by atoms with Gasteiger partial charge in [0.15, 0.2) is 0 Å². The second kappa shape index (κ2) is 5.44. The van der Waals surface area contributed by atoms with Gasteiger partial charge >= 0.3 is 13.6 Å². The van der Waals surface area contributed by atoms with Crippen LogP contribution in [0.15, 0.2) is 0 Å². The third kappa shape index (κ3) is 3.78. The average Bonchev–Trinajstić information content (AvgIpc) is 2.50. The van der Waals surface area contributed by atoms with Crippen LogP contribution in [-0.2, 0) is 23.4 Å². The Hall–Kier alpha value is -0.645. The number of hydrogen-bond donors (Lipinski definition) is 1.